The van der Waals surface area contributed by atoms with E-state index in [0.717, 1.165) is 20.3 Å². The molecule has 0 unspecified atom stereocenters. The van der Waals surface area contributed by atoms with E-state index >= 15 is 0 Å². The Balaban J connectivity index is 2.34. The first-order valence-electron chi connectivity index (χ1n) is 6.49. The molecule has 0 heterocycles. The molecule has 0 aliphatic heterocycles. The van der Waals surface area contributed by atoms with Gasteiger partial charge in [0.2, 0.25) is 0 Å². The lowest BCUT2D eigenvalue weighted by atomic mass is 10.0. The summed E-state index contributed by atoms with van der Waals surface area (Å²) >= 11 is 6.90. The molecular weight excluding hydrogens is 396 g/mol. The van der Waals surface area contributed by atoms with Crippen molar-refractivity contribution in [1.29, 1.82) is 5.41 Å². The van der Waals surface area contributed by atoms with Crippen LogP contribution in [0.1, 0.15) is 30.9 Å². The molecule has 0 radical (unpaired) electrons. The first kappa shape index (κ1) is 16.0. The maximum absolute atomic E-state index is 7.48. The second-order valence-corrected chi connectivity index (χ2v) is 6.76. The van der Waals surface area contributed by atoms with Crippen LogP contribution in [0.5, 0.6) is 11.5 Å². The Morgan fingerprint density at radius 3 is 2.43 bits per heavy atom. The third kappa shape index (κ3) is 3.86. The van der Waals surface area contributed by atoms with Crippen molar-refractivity contribution in [1.82, 2.24) is 0 Å². The summed E-state index contributed by atoms with van der Waals surface area (Å²) < 4.78 is 7.76. The lowest BCUT2D eigenvalue weighted by Gasteiger charge is -2.15. The maximum atomic E-state index is 7.48. The minimum atomic E-state index is 0.0277. The lowest BCUT2D eigenvalue weighted by Crippen LogP contribution is -2.11. The van der Waals surface area contributed by atoms with Crippen LogP contribution in [0.2, 0.25) is 0 Å². The Labute approximate surface area is 141 Å². The van der Waals surface area contributed by atoms with E-state index in [9.17, 15) is 0 Å². The standard InChI is InChI=1S/C16H16Br2N2O/c1-9(2)13-7-10(17)3-6-15(13)21-11-4-5-12(16(19)20)14(18)8-11/h3-9H,1-2H3,(H3,19,20). The number of rotatable bonds is 4. The normalized spacial score (nSPS) is 10.7. The lowest BCUT2D eigenvalue weighted by molar-refractivity contribution is 0.472. The number of hydrogen-bond donors (Lipinski definition) is 2. The summed E-state index contributed by atoms with van der Waals surface area (Å²) in [6.45, 7) is 4.26. The molecule has 0 atom stereocenters. The van der Waals surface area contributed by atoms with Crippen LogP contribution in [0.4, 0.5) is 0 Å². The van der Waals surface area contributed by atoms with Crippen LogP contribution in [0.3, 0.4) is 0 Å². The monoisotopic (exact) mass is 410 g/mol. The molecule has 0 saturated carbocycles. The van der Waals surface area contributed by atoms with Gasteiger partial charge in [0.15, 0.2) is 0 Å². The molecule has 0 aliphatic carbocycles. The number of benzene rings is 2. The van der Waals surface area contributed by atoms with Crippen LogP contribution in [0.15, 0.2) is 45.3 Å². The highest BCUT2D eigenvalue weighted by Gasteiger charge is 2.11. The number of amidine groups is 1. The van der Waals surface area contributed by atoms with Crippen LogP contribution in [-0.4, -0.2) is 5.84 Å². The summed E-state index contributed by atoms with van der Waals surface area (Å²) in [5, 5.41) is 7.48. The fourth-order valence-corrected chi connectivity index (χ4v) is 2.92. The molecule has 0 aromatic heterocycles. The molecule has 0 bridgehead atoms. The van der Waals surface area contributed by atoms with Crippen molar-refractivity contribution < 1.29 is 4.74 Å². The summed E-state index contributed by atoms with van der Waals surface area (Å²) in [6.07, 6.45) is 0. The first-order valence-corrected chi connectivity index (χ1v) is 8.08. The van der Waals surface area contributed by atoms with Crippen molar-refractivity contribution in [3.63, 3.8) is 0 Å². The van der Waals surface area contributed by atoms with E-state index < -0.39 is 0 Å². The van der Waals surface area contributed by atoms with E-state index in [1.54, 1.807) is 6.07 Å². The van der Waals surface area contributed by atoms with E-state index in [-0.39, 0.29) is 5.84 Å². The third-order valence-corrected chi connectivity index (χ3v) is 4.20. The second-order valence-electron chi connectivity index (χ2n) is 4.99. The molecule has 0 aliphatic rings. The average molecular weight is 412 g/mol. The van der Waals surface area contributed by atoms with Crippen LogP contribution < -0.4 is 10.5 Å². The second kappa shape index (κ2) is 6.62. The largest absolute Gasteiger partial charge is 0.457 e. The Kier molecular flexibility index (Phi) is 5.06. The topological polar surface area (TPSA) is 59.1 Å². The fourth-order valence-electron chi connectivity index (χ4n) is 1.97. The molecule has 3 N–H and O–H groups in total. The van der Waals surface area contributed by atoms with E-state index in [2.05, 4.69) is 51.8 Å². The van der Waals surface area contributed by atoms with E-state index in [0.29, 0.717) is 17.2 Å². The van der Waals surface area contributed by atoms with Crippen molar-refractivity contribution in [2.75, 3.05) is 0 Å². The molecule has 0 amide bonds. The molecular formula is C16H16Br2N2O. The average Bonchev–Trinajstić information content (AvgIpc) is 2.40. The minimum absolute atomic E-state index is 0.0277. The highest BCUT2D eigenvalue weighted by molar-refractivity contribution is 9.10. The van der Waals surface area contributed by atoms with Crippen molar-refractivity contribution in [2.24, 2.45) is 5.73 Å². The number of nitrogen functional groups attached to an aromatic ring is 1. The molecule has 5 heteroatoms. The number of halogens is 2. The Hall–Kier alpha value is -1.33. The van der Waals surface area contributed by atoms with Crippen molar-refractivity contribution in [3.8, 4) is 11.5 Å². The van der Waals surface area contributed by atoms with Gasteiger partial charge in [-0.3, -0.25) is 5.41 Å². The van der Waals surface area contributed by atoms with Crippen LogP contribution in [-0.2, 0) is 0 Å². The Morgan fingerprint density at radius 1 is 1.14 bits per heavy atom. The van der Waals surface area contributed by atoms with E-state index in [1.807, 2.05) is 24.3 Å². The molecule has 0 fully saturated rings. The van der Waals surface area contributed by atoms with E-state index in [1.165, 1.54) is 0 Å². The SMILES string of the molecule is CC(C)c1cc(Br)ccc1Oc1ccc(C(=N)N)c(Br)c1. The van der Waals surface area contributed by atoms with Crippen LogP contribution in [0, 0.1) is 5.41 Å². The maximum Gasteiger partial charge on any atom is 0.130 e. The number of hydrogen-bond acceptors (Lipinski definition) is 2. The smallest absolute Gasteiger partial charge is 0.130 e. The minimum Gasteiger partial charge on any atom is -0.457 e. The number of ether oxygens (including phenoxy) is 1. The van der Waals surface area contributed by atoms with Gasteiger partial charge in [-0.15, -0.1) is 0 Å². The van der Waals surface area contributed by atoms with Crippen molar-refractivity contribution in [3.05, 3.63) is 56.5 Å². The molecule has 3 nitrogen and oxygen atoms in total. The zero-order chi connectivity index (χ0) is 15.6. The first-order chi connectivity index (χ1) is 9.88. The molecule has 2 aromatic carbocycles. The zero-order valence-electron chi connectivity index (χ0n) is 11.8. The fraction of sp³-hybridized carbons (Fsp3) is 0.188. The highest BCUT2D eigenvalue weighted by Crippen LogP contribution is 2.34. The Bertz CT molecular complexity index is 684. The molecule has 0 spiro atoms. The third-order valence-electron chi connectivity index (χ3n) is 3.05. The van der Waals surface area contributed by atoms with Gasteiger partial charge in [0.05, 0.1) is 0 Å². The molecule has 21 heavy (non-hydrogen) atoms. The molecule has 2 aromatic rings. The molecule has 0 saturated heterocycles. The molecule has 2 rings (SSSR count). The summed E-state index contributed by atoms with van der Waals surface area (Å²) in [6, 6.07) is 11.4. The van der Waals surface area contributed by atoms with Crippen molar-refractivity contribution in [2.45, 2.75) is 19.8 Å². The quantitative estimate of drug-likeness (QED) is 0.521. The van der Waals surface area contributed by atoms with Crippen molar-refractivity contribution >= 4 is 37.7 Å². The molecule has 110 valence electrons. The summed E-state index contributed by atoms with van der Waals surface area (Å²) in [7, 11) is 0. The zero-order valence-corrected chi connectivity index (χ0v) is 15.0. The summed E-state index contributed by atoms with van der Waals surface area (Å²) in [5.74, 6) is 1.92. The Morgan fingerprint density at radius 2 is 1.86 bits per heavy atom. The van der Waals surface area contributed by atoms with Gasteiger partial charge in [-0.25, -0.2) is 0 Å². The van der Waals surface area contributed by atoms with Gasteiger partial charge in [0.25, 0.3) is 0 Å². The van der Waals surface area contributed by atoms with Gasteiger partial charge in [0, 0.05) is 14.5 Å². The summed E-state index contributed by atoms with van der Waals surface area (Å²) in [5.41, 5.74) is 7.30. The van der Waals surface area contributed by atoms with E-state index in [4.69, 9.17) is 15.9 Å². The van der Waals surface area contributed by atoms with Gasteiger partial charge in [-0.1, -0.05) is 29.8 Å². The highest BCUT2D eigenvalue weighted by atomic mass is 79.9. The van der Waals surface area contributed by atoms with Gasteiger partial charge < -0.3 is 10.5 Å². The van der Waals surface area contributed by atoms with Gasteiger partial charge in [0.1, 0.15) is 17.3 Å². The van der Waals surface area contributed by atoms with Crippen LogP contribution >= 0.6 is 31.9 Å². The summed E-state index contributed by atoms with van der Waals surface area (Å²) in [4.78, 5) is 0. The predicted octanol–water partition coefficient (Wildman–Crippen LogP) is 5.41. The van der Waals surface area contributed by atoms with Gasteiger partial charge in [-0.2, -0.15) is 0 Å². The number of nitrogens with two attached hydrogens (primary N) is 1. The van der Waals surface area contributed by atoms with Crippen LogP contribution in [0.25, 0.3) is 0 Å². The predicted molar refractivity (Wildman–Crippen MR) is 93.5 cm³/mol. The van der Waals surface area contributed by atoms with Gasteiger partial charge >= 0.3 is 0 Å². The number of nitrogens with one attached hydrogen (secondary N) is 1. The van der Waals surface area contributed by atoms with Gasteiger partial charge in [-0.05, 0) is 63.8 Å².